The summed E-state index contributed by atoms with van der Waals surface area (Å²) in [5.74, 6) is 0.446. The van der Waals surface area contributed by atoms with Crippen molar-refractivity contribution in [3.63, 3.8) is 0 Å². The van der Waals surface area contributed by atoms with E-state index in [1.807, 2.05) is 31.2 Å². The maximum Gasteiger partial charge on any atom is 0.216 e. The Hall–Kier alpha value is -1.94. The van der Waals surface area contributed by atoms with Gasteiger partial charge in [-0.15, -0.1) is 0 Å². The number of hydrogen-bond acceptors (Lipinski definition) is 4. The Balaban J connectivity index is 2.29. The summed E-state index contributed by atoms with van der Waals surface area (Å²) in [6, 6.07) is 9.31. The fraction of sp³-hybridized carbons (Fsp3) is 0.231. The number of aromatic nitrogens is 2. The molecule has 1 aromatic carbocycles. The summed E-state index contributed by atoms with van der Waals surface area (Å²) in [7, 11) is 1.53. The highest BCUT2D eigenvalue weighted by Crippen LogP contribution is 2.22. The van der Waals surface area contributed by atoms with Crippen LogP contribution in [0.3, 0.4) is 0 Å². The van der Waals surface area contributed by atoms with E-state index in [1.165, 1.54) is 13.4 Å². The third-order valence-corrected chi connectivity index (χ3v) is 2.55. The second-order valence-electron chi connectivity index (χ2n) is 3.80. The summed E-state index contributed by atoms with van der Waals surface area (Å²) in [5.41, 5.74) is 2.48. The van der Waals surface area contributed by atoms with E-state index in [4.69, 9.17) is 4.74 Å². The third-order valence-electron chi connectivity index (χ3n) is 2.55. The molecule has 1 atom stereocenters. The van der Waals surface area contributed by atoms with E-state index in [9.17, 15) is 5.11 Å². The molecule has 4 nitrogen and oxygen atoms in total. The first-order valence-corrected chi connectivity index (χ1v) is 5.31. The van der Waals surface area contributed by atoms with Crippen molar-refractivity contribution in [1.29, 1.82) is 0 Å². The molecule has 0 aliphatic rings. The molecule has 0 saturated heterocycles. The summed E-state index contributed by atoms with van der Waals surface area (Å²) >= 11 is 0. The summed E-state index contributed by atoms with van der Waals surface area (Å²) in [6.07, 6.45) is 0.624. The molecule has 0 bridgehead atoms. The number of methoxy groups -OCH3 is 1. The highest BCUT2D eigenvalue weighted by Gasteiger charge is 2.12. The zero-order chi connectivity index (χ0) is 12.3. The third kappa shape index (κ3) is 2.60. The largest absolute Gasteiger partial charge is 0.481 e. The number of nitrogens with zero attached hydrogens (tertiary/aromatic N) is 2. The first-order chi connectivity index (χ1) is 8.20. The van der Waals surface area contributed by atoms with Crippen LogP contribution in [0.25, 0.3) is 0 Å². The van der Waals surface area contributed by atoms with Crippen LogP contribution in [-0.2, 0) is 0 Å². The molecule has 17 heavy (non-hydrogen) atoms. The van der Waals surface area contributed by atoms with Crippen molar-refractivity contribution in [2.75, 3.05) is 7.11 Å². The molecule has 2 aromatic rings. The van der Waals surface area contributed by atoms with Crippen LogP contribution in [-0.4, -0.2) is 22.2 Å². The minimum Gasteiger partial charge on any atom is -0.481 e. The lowest BCUT2D eigenvalue weighted by atomic mass is 10.0. The van der Waals surface area contributed by atoms with E-state index in [1.54, 1.807) is 6.07 Å². The molecule has 2 rings (SSSR count). The van der Waals surface area contributed by atoms with Gasteiger partial charge in [-0.1, -0.05) is 29.8 Å². The molecule has 1 aromatic heterocycles. The minimum absolute atomic E-state index is 0.446. The fourth-order valence-corrected chi connectivity index (χ4v) is 1.53. The lowest BCUT2D eigenvalue weighted by Gasteiger charge is -2.11. The number of aryl methyl sites for hydroxylation is 1. The lowest BCUT2D eigenvalue weighted by Crippen LogP contribution is -2.03. The molecule has 0 spiro atoms. The Kier molecular flexibility index (Phi) is 3.35. The molecule has 0 amide bonds. The minimum atomic E-state index is -0.757. The molecule has 1 unspecified atom stereocenters. The summed E-state index contributed by atoms with van der Waals surface area (Å²) in [5, 5.41) is 10.2. The molecule has 1 N–H and O–H groups in total. The Morgan fingerprint density at radius 3 is 2.53 bits per heavy atom. The van der Waals surface area contributed by atoms with Crippen molar-refractivity contribution in [1.82, 2.24) is 9.97 Å². The van der Waals surface area contributed by atoms with Gasteiger partial charge in [0.15, 0.2) is 0 Å². The molecule has 0 aliphatic carbocycles. The quantitative estimate of drug-likeness (QED) is 0.874. The molecule has 1 heterocycles. The van der Waals surface area contributed by atoms with E-state index < -0.39 is 6.10 Å². The van der Waals surface area contributed by atoms with Gasteiger partial charge in [0.2, 0.25) is 5.88 Å². The summed E-state index contributed by atoms with van der Waals surface area (Å²) in [6.45, 7) is 2.00. The molecular formula is C13H14N2O2. The van der Waals surface area contributed by atoms with Crippen LogP contribution in [0.2, 0.25) is 0 Å². The Morgan fingerprint density at radius 2 is 1.88 bits per heavy atom. The first kappa shape index (κ1) is 11.5. The van der Waals surface area contributed by atoms with Crippen molar-refractivity contribution in [2.45, 2.75) is 13.0 Å². The SMILES string of the molecule is COc1cc(C(O)c2ccc(C)cc2)ncn1. The number of rotatable bonds is 3. The van der Waals surface area contributed by atoms with E-state index in [0.29, 0.717) is 11.6 Å². The Labute approximate surface area is 99.9 Å². The van der Waals surface area contributed by atoms with E-state index in [-0.39, 0.29) is 0 Å². The van der Waals surface area contributed by atoms with Gasteiger partial charge in [0.25, 0.3) is 0 Å². The van der Waals surface area contributed by atoms with Crippen LogP contribution < -0.4 is 4.74 Å². The molecular weight excluding hydrogens is 216 g/mol. The van der Waals surface area contributed by atoms with Gasteiger partial charge >= 0.3 is 0 Å². The Morgan fingerprint density at radius 1 is 1.18 bits per heavy atom. The van der Waals surface area contributed by atoms with Crippen molar-refractivity contribution >= 4 is 0 Å². The predicted octanol–water partition coefficient (Wildman–Crippen LogP) is 1.88. The van der Waals surface area contributed by atoms with Gasteiger partial charge in [0.05, 0.1) is 12.8 Å². The van der Waals surface area contributed by atoms with Crippen molar-refractivity contribution in [3.05, 3.63) is 53.5 Å². The number of hydrogen-bond donors (Lipinski definition) is 1. The summed E-state index contributed by atoms with van der Waals surface area (Å²) < 4.78 is 5.00. The predicted molar refractivity (Wildman–Crippen MR) is 63.8 cm³/mol. The number of ether oxygens (including phenoxy) is 1. The average molecular weight is 230 g/mol. The van der Waals surface area contributed by atoms with Crippen LogP contribution in [0.1, 0.15) is 22.9 Å². The van der Waals surface area contributed by atoms with Gasteiger partial charge in [-0.25, -0.2) is 9.97 Å². The monoisotopic (exact) mass is 230 g/mol. The molecule has 0 fully saturated rings. The van der Waals surface area contributed by atoms with Gasteiger partial charge in [-0.3, -0.25) is 0 Å². The first-order valence-electron chi connectivity index (χ1n) is 5.31. The molecule has 0 aliphatic heterocycles. The molecule has 4 heteroatoms. The van der Waals surface area contributed by atoms with Crippen LogP contribution >= 0.6 is 0 Å². The highest BCUT2D eigenvalue weighted by molar-refractivity contribution is 5.29. The topological polar surface area (TPSA) is 55.2 Å². The Bertz CT molecular complexity index is 497. The maximum absolute atomic E-state index is 10.2. The van der Waals surface area contributed by atoms with Gasteiger partial charge < -0.3 is 9.84 Å². The van der Waals surface area contributed by atoms with Gasteiger partial charge in [-0.2, -0.15) is 0 Å². The zero-order valence-corrected chi connectivity index (χ0v) is 9.79. The zero-order valence-electron chi connectivity index (χ0n) is 9.79. The molecule has 0 radical (unpaired) electrons. The maximum atomic E-state index is 10.2. The molecule has 0 saturated carbocycles. The van der Waals surface area contributed by atoms with E-state index >= 15 is 0 Å². The van der Waals surface area contributed by atoms with Crippen molar-refractivity contribution < 1.29 is 9.84 Å². The average Bonchev–Trinajstić information content (AvgIpc) is 2.39. The second-order valence-corrected chi connectivity index (χ2v) is 3.80. The summed E-state index contributed by atoms with van der Waals surface area (Å²) in [4.78, 5) is 7.95. The standard InChI is InChI=1S/C13H14N2O2/c1-9-3-5-10(6-4-9)13(16)11-7-12(17-2)15-8-14-11/h3-8,13,16H,1-2H3. The van der Waals surface area contributed by atoms with Crippen LogP contribution in [0.15, 0.2) is 36.7 Å². The number of benzene rings is 1. The number of aliphatic hydroxyl groups excluding tert-OH is 1. The van der Waals surface area contributed by atoms with Gasteiger partial charge in [0.1, 0.15) is 12.4 Å². The molecule has 88 valence electrons. The number of aliphatic hydroxyl groups is 1. The van der Waals surface area contributed by atoms with Gasteiger partial charge in [0, 0.05) is 6.07 Å². The fourth-order valence-electron chi connectivity index (χ4n) is 1.53. The highest BCUT2D eigenvalue weighted by atomic mass is 16.5. The van der Waals surface area contributed by atoms with Gasteiger partial charge in [-0.05, 0) is 12.5 Å². The van der Waals surface area contributed by atoms with E-state index in [0.717, 1.165) is 11.1 Å². The van der Waals surface area contributed by atoms with Crippen LogP contribution in [0, 0.1) is 6.92 Å². The van der Waals surface area contributed by atoms with Crippen molar-refractivity contribution in [3.8, 4) is 5.88 Å². The normalized spacial score (nSPS) is 12.2. The second kappa shape index (κ2) is 4.93. The van der Waals surface area contributed by atoms with E-state index in [2.05, 4.69) is 9.97 Å². The lowest BCUT2D eigenvalue weighted by molar-refractivity contribution is 0.214. The smallest absolute Gasteiger partial charge is 0.216 e. The van der Waals surface area contributed by atoms with Crippen LogP contribution in [0.5, 0.6) is 5.88 Å². The van der Waals surface area contributed by atoms with Crippen LogP contribution in [0.4, 0.5) is 0 Å². The van der Waals surface area contributed by atoms with Crippen molar-refractivity contribution in [2.24, 2.45) is 0 Å².